The number of fused-ring (bicyclic) bond motifs is 1. The van der Waals surface area contributed by atoms with E-state index in [-0.39, 0.29) is 27.8 Å². The van der Waals surface area contributed by atoms with Crippen LogP contribution in [0.4, 0.5) is 18.0 Å². The predicted molar refractivity (Wildman–Crippen MR) is 101 cm³/mol. The van der Waals surface area contributed by atoms with Gasteiger partial charge in [0.25, 0.3) is 5.24 Å². The summed E-state index contributed by atoms with van der Waals surface area (Å²) in [5.74, 6) is -0.111. The van der Waals surface area contributed by atoms with Crippen molar-refractivity contribution in [2.45, 2.75) is 30.4 Å². The lowest BCUT2D eigenvalue weighted by Gasteiger charge is -2.16. The molecule has 2 aliphatic rings. The summed E-state index contributed by atoms with van der Waals surface area (Å²) >= 11 is 7.02. The van der Waals surface area contributed by atoms with Crippen molar-refractivity contribution in [3.63, 3.8) is 0 Å². The fourth-order valence-corrected chi connectivity index (χ4v) is 4.74. The number of carbonyl (C=O) groups is 2. The number of rotatable bonds is 4. The Morgan fingerprint density at radius 3 is 2.52 bits per heavy atom. The average molecular weight is 444 g/mol. The molecule has 1 aliphatic carbocycles. The number of benzene rings is 2. The zero-order chi connectivity index (χ0) is 20.8. The maximum Gasteiger partial charge on any atom is 0.573 e. The highest BCUT2D eigenvalue weighted by molar-refractivity contribution is 8.15. The van der Waals surface area contributed by atoms with E-state index in [4.69, 9.17) is 16.3 Å². The van der Waals surface area contributed by atoms with Crippen LogP contribution in [-0.4, -0.2) is 22.8 Å². The lowest BCUT2D eigenvalue weighted by Crippen LogP contribution is -2.27. The summed E-state index contributed by atoms with van der Waals surface area (Å²) in [5, 5.41) is 1.51. The molecule has 1 saturated heterocycles. The molecule has 4 rings (SSSR count). The van der Waals surface area contributed by atoms with E-state index in [0.29, 0.717) is 5.75 Å². The van der Waals surface area contributed by atoms with Gasteiger partial charge >= 0.3 is 6.36 Å². The van der Waals surface area contributed by atoms with Gasteiger partial charge in [0.1, 0.15) is 22.5 Å². The van der Waals surface area contributed by atoms with Gasteiger partial charge < -0.3 is 9.47 Å². The minimum absolute atomic E-state index is 0.0253. The molecule has 0 spiro atoms. The first-order valence-electron chi connectivity index (χ1n) is 8.57. The average Bonchev–Trinajstić information content (AvgIpc) is 3.18. The number of hydrogen-bond acceptors (Lipinski definition) is 5. The highest BCUT2D eigenvalue weighted by atomic mass is 35.5. The summed E-state index contributed by atoms with van der Waals surface area (Å²) < 4.78 is 46.4. The molecule has 5 nitrogen and oxygen atoms in total. The van der Waals surface area contributed by atoms with Crippen LogP contribution in [0.15, 0.2) is 36.4 Å². The number of ether oxygens (including phenoxy) is 2. The number of alkyl halides is 3. The van der Waals surface area contributed by atoms with Crippen LogP contribution >= 0.6 is 23.4 Å². The number of thioether (sulfide) groups is 1. The zero-order valence-electron chi connectivity index (χ0n) is 14.6. The minimum atomic E-state index is -4.80. The number of hydrogen-bond donors (Lipinski definition) is 1. The molecule has 152 valence electrons. The molecule has 2 aromatic rings. The fourth-order valence-electron chi connectivity index (χ4n) is 3.53. The van der Waals surface area contributed by atoms with Gasteiger partial charge in [0, 0.05) is 12.0 Å². The van der Waals surface area contributed by atoms with E-state index in [9.17, 15) is 22.8 Å². The molecule has 1 fully saturated rings. The van der Waals surface area contributed by atoms with Gasteiger partial charge in [0.05, 0.1) is 5.02 Å². The first-order chi connectivity index (χ1) is 13.7. The molecular formula is C19H13ClF3NO4S. The van der Waals surface area contributed by atoms with Crippen molar-refractivity contribution in [1.82, 2.24) is 5.32 Å². The quantitative estimate of drug-likeness (QED) is 0.684. The number of imide groups is 1. The topological polar surface area (TPSA) is 64.6 Å². The lowest BCUT2D eigenvalue weighted by molar-refractivity contribution is -0.274. The van der Waals surface area contributed by atoms with Crippen LogP contribution in [0.3, 0.4) is 0 Å². The number of nitrogens with one attached hydrogen (secondary N) is 1. The Hall–Kier alpha value is -2.39. The predicted octanol–water partition coefficient (Wildman–Crippen LogP) is 5.41. The van der Waals surface area contributed by atoms with E-state index < -0.39 is 17.4 Å². The highest BCUT2D eigenvalue weighted by Gasteiger charge is 2.41. The van der Waals surface area contributed by atoms with Crippen molar-refractivity contribution in [2.75, 3.05) is 0 Å². The Labute approximate surface area is 172 Å². The van der Waals surface area contributed by atoms with Crippen molar-refractivity contribution in [2.24, 2.45) is 0 Å². The first kappa shape index (κ1) is 19.9. The highest BCUT2D eigenvalue weighted by Crippen LogP contribution is 2.44. The van der Waals surface area contributed by atoms with Crippen molar-refractivity contribution in [3.05, 3.63) is 52.5 Å². The largest absolute Gasteiger partial charge is 0.573 e. The van der Waals surface area contributed by atoms with Crippen LogP contribution in [0.1, 0.15) is 23.5 Å². The molecule has 0 radical (unpaired) electrons. The summed E-state index contributed by atoms with van der Waals surface area (Å²) in [6.07, 6.45) is -3.34. The third-order valence-corrected chi connectivity index (χ3v) is 6.09. The van der Waals surface area contributed by atoms with Crippen molar-refractivity contribution >= 4 is 34.5 Å². The summed E-state index contributed by atoms with van der Waals surface area (Å²) in [5.41, 5.74) is 1.98. The van der Waals surface area contributed by atoms with Gasteiger partial charge in [-0.1, -0.05) is 29.4 Å². The van der Waals surface area contributed by atoms with Gasteiger partial charge in [0.15, 0.2) is 0 Å². The lowest BCUT2D eigenvalue weighted by atomic mass is 9.97. The molecule has 1 N–H and O–H groups in total. The number of amides is 2. The maximum absolute atomic E-state index is 12.3. The van der Waals surface area contributed by atoms with Crippen molar-refractivity contribution in [3.8, 4) is 17.2 Å². The second-order valence-corrected chi connectivity index (χ2v) is 8.08. The van der Waals surface area contributed by atoms with E-state index >= 15 is 0 Å². The first-order valence-corrected chi connectivity index (χ1v) is 9.83. The van der Waals surface area contributed by atoms with Gasteiger partial charge in [-0.2, -0.15) is 0 Å². The number of halogens is 4. The Bertz CT molecular complexity index is 998. The van der Waals surface area contributed by atoms with Crippen molar-refractivity contribution in [1.29, 1.82) is 0 Å². The van der Waals surface area contributed by atoms with Crippen LogP contribution in [0.5, 0.6) is 17.2 Å². The summed E-state index contributed by atoms with van der Waals surface area (Å²) in [7, 11) is 0. The van der Waals surface area contributed by atoms with E-state index in [1.807, 2.05) is 12.1 Å². The molecule has 2 amide bonds. The van der Waals surface area contributed by atoms with Crippen LogP contribution < -0.4 is 14.8 Å². The Balaban J connectivity index is 1.51. The van der Waals surface area contributed by atoms with Crippen LogP contribution in [-0.2, 0) is 11.2 Å². The summed E-state index contributed by atoms with van der Waals surface area (Å²) in [4.78, 5) is 23.4. The Morgan fingerprint density at radius 1 is 1.10 bits per heavy atom. The molecule has 1 unspecified atom stereocenters. The number of carbonyl (C=O) groups excluding carboxylic acids is 2. The third kappa shape index (κ3) is 4.30. The standard InChI is InChI=1S/C19H13ClF3NO4S/c20-14-8-11(28-19(21,22)23)3-6-15(14)27-10-2-5-12-9(7-10)1-4-13(12)16-17(25)24-18(26)29-16/h2-3,5-8,13,16H,1,4H2,(H,24,25,26)/t13-,16?/m1/s1. The fraction of sp³-hybridized carbons (Fsp3) is 0.263. The third-order valence-electron chi connectivity index (χ3n) is 4.69. The second-order valence-electron chi connectivity index (χ2n) is 6.56. The normalized spacial score (nSPS) is 21.1. The molecule has 29 heavy (non-hydrogen) atoms. The van der Waals surface area contributed by atoms with Crippen LogP contribution in [0, 0.1) is 0 Å². The van der Waals surface area contributed by atoms with E-state index in [1.165, 1.54) is 6.07 Å². The van der Waals surface area contributed by atoms with Crippen LogP contribution in [0.25, 0.3) is 0 Å². The second kappa shape index (κ2) is 7.46. The van der Waals surface area contributed by atoms with E-state index in [0.717, 1.165) is 47.9 Å². The van der Waals surface area contributed by atoms with Gasteiger partial charge in [-0.15, -0.1) is 13.2 Å². The molecule has 0 aromatic heterocycles. The van der Waals surface area contributed by atoms with Gasteiger partial charge in [-0.05, 0) is 48.2 Å². The molecule has 2 atom stereocenters. The molecule has 0 saturated carbocycles. The molecule has 1 heterocycles. The summed E-state index contributed by atoms with van der Waals surface area (Å²) in [6.45, 7) is 0. The number of aryl methyl sites for hydroxylation is 1. The van der Waals surface area contributed by atoms with Crippen LogP contribution in [0.2, 0.25) is 5.02 Å². The van der Waals surface area contributed by atoms with E-state index in [1.54, 1.807) is 6.07 Å². The molecule has 1 aliphatic heterocycles. The zero-order valence-corrected chi connectivity index (χ0v) is 16.2. The smallest absolute Gasteiger partial charge is 0.456 e. The van der Waals surface area contributed by atoms with Crippen molar-refractivity contribution < 1.29 is 32.2 Å². The van der Waals surface area contributed by atoms with Gasteiger partial charge in [-0.25, -0.2) is 0 Å². The molecular weight excluding hydrogens is 431 g/mol. The molecule has 2 aromatic carbocycles. The van der Waals surface area contributed by atoms with E-state index in [2.05, 4.69) is 10.1 Å². The summed E-state index contributed by atoms with van der Waals surface area (Å²) in [6, 6.07) is 8.79. The SMILES string of the molecule is O=C1NC(=O)C([C@@H]2CCc3cc(Oc4ccc(OC(F)(F)F)cc4Cl)ccc32)S1. The maximum atomic E-state index is 12.3. The monoisotopic (exact) mass is 443 g/mol. The molecule has 0 bridgehead atoms. The Kier molecular flexibility index (Phi) is 5.12. The van der Waals surface area contributed by atoms with Gasteiger partial charge in [-0.3, -0.25) is 14.9 Å². The minimum Gasteiger partial charge on any atom is -0.456 e. The molecule has 10 heteroatoms. The van der Waals surface area contributed by atoms with Gasteiger partial charge in [0.2, 0.25) is 5.91 Å². The Morgan fingerprint density at radius 2 is 1.86 bits per heavy atom.